The van der Waals surface area contributed by atoms with Gasteiger partial charge in [0.15, 0.2) is 0 Å². The Kier molecular flexibility index (Phi) is 7.37. The van der Waals surface area contributed by atoms with Gasteiger partial charge in [-0.05, 0) is 61.0 Å². The van der Waals surface area contributed by atoms with Gasteiger partial charge in [0.1, 0.15) is 18.0 Å². The summed E-state index contributed by atoms with van der Waals surface area (Å²) in [5.41, 5.74) is 2.23. The van der Waals surface area contributed by atoms with E-state index >= 15 is 0 Å². The van der Waals surface area contributed by atoms with Crippen molar-refractivity contribution in [2.45, 2.75) is 18.4 Å². The van der Waals surface area contributed by atoms with Crippen LogP contribution in [0.4, 0.5) is 5.69 Å². The number of carbonyl (C=O) groups is 1. The van der Waals surface area contributed by atoms with E-state index in [1.165, 1.54) is 19.2 Å². The molecule has 3 aromatic rings. The Labute approximate surface area is 188 Å². The molecule has 3 rings (SSSR count). The number of nitrogens with zero attached hydrogens (tertiary/aromatic N) is 1. The van der Waals surface area contributed by atoms with E-state index in [-0.39, 0.29) is 18.0 Å². The minimum atomic E-state index is -3.98. The van der Waals surface area contributed by atoms with Crippen molar-refractivity contribution in [3.8, 4) is 11.5 Å². The molecule has 0 saturated carbocycles. The molecule has 7 nitrogen and oxygen atoms in total. The normalized spacial score (nSPS) is 11.0. The number of methoxy groups -OCH3 is 2. The summed E-state index contributed by atoms with van der Waals surface area (Å²) in [4.78, 5) is 12.8. The van der Waals surface area contributed by atoms with Gasteiger partial charge in [0.05, 0.1) is 24.8 Å². The van der Waals surface area contributed by atoms with Crippen LogP contribution in [-0.4, -0.2) is 35.1 Å². The molecule has 0 unspecified atom stereocenters. The van der Waals surface area contributed by atoms with Gasteiger partial charge >= 0.3 is 0 Å². The van der Waals surface area contributed by atoms with Gasteiger partial charge in [0.25, 0.3) is 10.0 Å². The number of aryl methyl sites for hydroxylation is 1. The molecular weight excluding hydrogens is 428 g/mol. The predicted octanol–water partition coefficient (Wildman–Crippen LogP) is 3.52. The maximum Gasteiger partial charge on any atom is 0.264 e. The number of amides is 1. The number of nitrogens with one attached hydrogen (secondary N) is 1. The minimum Gasteiger partial charge on any atom is -0.497 e. The van der Waals surface area contributed by atoms with Gasteiger partial charge in [0.2, 0.25) is 5.91 Å². The minimum absolute atomic E-state index is 0.0690. The summed E-state index contributed by atoms with van der Waals surface area (Å²) in [5, 5.41) is 2.78. The van der Waals surface area contributed by atoms with E-state index in [2.05, 4.69) is 5.32 Å². The molecule has 1 N–H and O–H groups in total. The summed E-state index contributed by atoms with van der Waals surface area (Å²) in [6.45, 7) is 1.80. The number of anilines is 1. The van der Waals surface area contributed by atoms with Crippen LogP contribution >= 0.6 is 0 Å². The summed E-state index contributed by atoms with van der Waals surface area (Å²) in [5.74, 6) is 0.799. The highest BCUT2D eigenvalue weighted by atomic mass is 32.2. The van der Waals surface area contributed by atoms with Crippen molar-refractivity contribution in [3.63, 3.8) is 0 Å². The third-order valence-electron chi connectivity index (χ3n) is 4.88. The molecule has 3 aromatic carbocycles. The van der Waals surface area contributed by atoms with E-state index in [9.17, 15) is 13.2 Å². The number of sulfonamides is 1. The average Bonchev–Trinajstić information content (AvgIpc) is 2.82. The number of ether oxygens (including phenoxy) is 2. The number of hydrogen-bond acceptors (Lipinski definition) is 5. The standard InChI is InChI=1S/C24H26N2O5S/c1-18-7-9-20(10-8-18)26(32(28,29)23-13-11-21(30-2)12-14-23)17-24(27)25-16-19-5-4-6-22(15-19)31-3/h4-15H,16-17H2,1-3H3,(H,25,27). The molecule has 0 radical (unpaired) electrons. The molecular formula is C24H26N2O5S. The second-order valence-electron chi connectivity index (χ2n) is 7.15. The van der Waals surface area contributed by atoms with Gasteiger partial charge < -0.3 is 14.8 Å². The van der Waals surface area contributed by atoms with E-state index in [1.54, 1.807) is 43.5 Å². The highest BCUT2D eigenvalue weighted by molar-refractivity contribution is 7.92. The molecule has 0 heterocycles. The lowest BCUT2D eigenvalue weighted by molar-refractivity contribution is -0.119. The van der Waals surface area contributed by atoms with Crippen molar-refractivity contribution in [2.24, 2.45) is 0 Å². The molecule has 8 heteroatoms. The third kappa shape index (κ3) is 5.59. The van der Waals surface area contributed by atoms with Crippen molar-refractivity contribution in [2.75, 3.05) is 25.1 Å². The summed E-state index contributed by atoms with van der Waals surface area (Å²) < 4.78 is 38.2. The second-order valence-corrected chi connectivity index (χ2v) is 9.01. The van der Waals surface area contributed by atoms with Crippen LogP contribution in [0.5, 0.6) is 11.5 Å². The Hall–Kier alpha value is -3.52. The predicted molar refractivity (Wildman–Crippen MR) is 124 cm³/mol. The van der Waals surface area contributed by atoms with Crippen LogP contribution in [0, 0.1) is 6.92 Å². The van der Waals surface area contributed by atoms with Crippen molar-refractivity contribution >= 4 is 21.6 Å². The van der Waals surface area contributed by atoms with E-state index in [0.29, 0.717) is 17.2 Å². The van der Waals surface area contributed by atoms with Gasteiger partial charge in [0, 0.05) is 6.54 Å². The number of carbonyl (C=O) groups excluding carboxylic acids is 1. The molecule has 0 fully saturated rings. The second kappa shape index (κ2) is 10.2. The summed E-state index contributed by atoms with van der Waals surface area (Å²) in [6.07, 6.45) is 0. The molecule has 1 amide bonds. The first-order valence-electron chi connectivity index (χ1n) is 9.96. The van der Waals surface area contributed by atoms with Crippen LogP contribution in [0.3, 0.4) is 0 Å². The highest BCUT2D eigenvalue weighted by Gasteiger charge is 2.27. The van der Waals surface area contributed by atoms with Gasteiger partial charge in [-0.15, -0.1) is 0 Å². The van der Waals surface area contributed by atoms with Gasteiger partial charge in [-0.25, -0.2) is 8.42 Å². The molecule has 0 aliphatic carbocycles. The zero-order valence-corrected chi connectivity index (χ0v) is 19.1. The first kappa shape index (κ1) is 23.1. The van der Waals surface area contributed by atoms with Crippen LogP contribution < -0.4 is 19.1 Å². The van der Waals surface area contributed by atoms with Crippen LogP contribution in [0.2, 0.25) is 0 Å². The molecule has 168 valence electrons. The third-order valence-corrected chi connectivity index (χ3v) is 6.67. The van der Waals surface area contributed by atoms with E-state index in [4.69, 9.17) is 9.47 Å². The first-order chi connectivity index (χ1) is 15.3. The SMILES string of the molecule is COc1ccc(S(=O)(=O)N(CC(=O)NCc2cccc(OC)c2)c2ccc(C)cc2)cc1. The fraction of sp³-hybridized carbons (Fsp3) is 0.208. The molecule has 0 aromatic heterocycles. The maximum atomic E-state index is 13.4. The largest absolute Gasteiger partial charge is 0.497 e. The smallest absolute Gasteiger partial charge is 0.264 e. The van der Waals surface area contributed by atoms with Gasteiger partial charge in [-0.2, -0.15) is 0 Å². The fourth-order valence-corrected chi connectivity index (χ4v) is 4.49. The Morgan fingerprint density at radius 3 is 2.19 bits per heavy atom. The maximum absolute atomic E-state index is 13.4. The van der Waals surface area contributed by atoms with Crippen LogP contribution in [0.25, 0.3) is 0 Å². The molecule has 0 spiro atoms. The van der Waals surface area contributed by atoms with Crippen LogP contribution in [0.1, 0.15) is 11.1 Å². The van der Waals surface area contributed by atoms with Crippen molar-refractivity contribution in [3.05, 3.63) is 83.9 Å². The van der Waals surface area contributed by atoms with Crippen LogP contribution in [-0.2, 0) is 21.4 Å². The molecule has 0 atom stereocenters. The lowest BCUT2D eigenvalue weighted by Gasteiger charge is -2.24. The quantitative estimate of drug-likeness (QED) is 0.535. The summed E-state index contributed by atoms with van der Waals surface area (Å²) in [7, 11) is -0.904. The molecule has 0 aliphatic heterocycles. The van der Waals surface area contributed by atoms with Gasteiger partial charge in [-0.1, -0.05) is 29.8 Å². The first-order valence-corrected chi connectivity index (χ1v) is 11.4. The Balaban J connectivity index is 1.83. The average molecular weight is 455 g/mol. The zero-order chi connectivity index (χ0) is 23.1. The Bertz CT molecular complexity index is 1160. The van der Waals surface area contributed by atoms with Crippen molar-refractivity contribution in [1.29, 1.82) is 0 Å². The topological polar surface area (TPSA) is 84.9 Å². The Morgan fingerprint density at radius 2 is 1.56 bits per heavy atom. The van der Waals surface area contributed by atoms with Crippen molar-refractivity contribution in [1.82, 2.24) is 5.32 Å². The lowest BCUT2D eigenvalue weighted by atomic mass is 10.2. The van der Waals surface area contributed by atoms with Crippen LogP contribution in [0.15, 0.2) is 77.7 Å². The summed E-state index contributed by atoms with van der Waals surface area (Å²) in [6, 6.07) is 20.4. The zero-order valence-electron chi connectivity index (χ0n) is 18.2. The van der Waals surface area contributed by atoms with E-state index in [1.807, 2.05) is 31.2 Å². The summed E-state index contributed by atoms with van der Waals surface area (Å²) >= 11 is 0. The number of rotatable bonds is 9. The molecule has 0 saturated heterocycles. The molecule has 0 aliphatic rings. The molecule has 0 bridgehead atoms. The molecule has 32 heavy (non-hydrogen) atoms. The highest BCUT2D eigenvalue weighted by Crippen LogP contribution is 2.25. The number of benzene rings is 3. The Morgan fingerprint density at radius 1 is 0.906 bits per heavy atom. The van der Waals surface area contributed by atoms with E-state index in [0.717, 1.165) is 15.4 Å². The van der Waals surface area contributed by atoms with Crippen molar-refractivity contribution < 1.29 is 22.7 Å². The number of hydrogen-bond donors (Lipinski definition) is 1. The fourth-order valence-electron chi connectivity index (χ4n) is 3.07. The van der Waals surface area contributed by atoms with E-state index < -0.39 is 15.9 Å². The lowest BCUT2D eigenvalue weighted by Crippen LogP contribution is -2.40. The monoisotopic (exact) mass is 454 g/mol. The van der Waals surface area contributed by atoms with Gasteiger partial charge in [-0.3, -0.25) is 9.10 Å².